The summed E-state index contributed by atoms with van der Waals surface area (Å²) in [6.07, 6.45) is 3.40. The molecule has 1 heterocycles. The first-order valence-electron chi connectivity index (χ1n) is 6.13. The minimum Gasteiger partial charge on any atom is -0.496 e. The van der Waals surface area contributed by atoms with Gasteiger partial charge in [-0.1, -0.05) is 0 Å². The lowest BCUT2D eigenvalue weighted by Gasteiger charge is -2.18. The zero-order chi connectivity index (χ0) is 14.0. The van der Waals surface area contributed by atoms with Gasteiger partial charge in [-0.3, -0.25) is 0 Å². The van der Waals surface area contributed by atoms with Crippen LogP contribution in [0, 0.1) is 32.1 Å². The number of hydrogen-bond acceptors (Lipinski definition) is 3. The molecule has 19 heavy (non-hydrogen) atoms. The number of rotatable bonds is 3. The fourth-order valence-electron chi connectivity index (χ4n) is 2.42. The first-order chi connectivity index (χ1) is 9.10. The smallest absolute Gasteiger partial charge is 0.130 e. The van der Waals surface area contributed by atoms with Crippen LogP contribution in [0.5, 0.6) is 5.75 Å². The molecule has 0 aliphatic carbocycles. The average Bonchev–Trinajstić information content (AvgIpc) is 2.92. The molecule has 1 aromatic heterocycles. The minimum absolute atomic E-state index is 0.375. The number of nitrogens with zero attached hydrogens (tertiary/aromatic N) is 2. The Kier molecular flexibility index (Phi) is 3.57. The molecule has 2 rings (SSSR count). The Morgan fingerprint density at radius 3 is 2.58 bits per heavy atom. The number of nitrogens with one attached hydrogen (secondary N) is 1. The first-order valence-corrected chi connectivity index (χ1v) is 6.13. The number of hydrogen-bond donors (Lipinski definition) is 1. The van der Waals surface area contributed by atoms with Crippen molar-refractivity contribution in [2.24, 2.45) is 0 Å². The lowest BCUT2D eigenvalue weighted by atomic mass is 9.88. The molecule has 1 unspecified atom stereocenters. The highest BCUT2D eigenvalue weighted by molar-refractivity contribution is 5.52. The molecule has 0 aliphatic heterocycles. The van der Waals surface area contributed by atoms with Crippen molar-refractivity contribution in [3.8, 4) is 11.8 Å². The van der Waals surface area contributed by atoms with Crippen LogP contribution in [0.15, 0.2) is 18.5 Å². The fourth-order valence-corrected chi connectivity index (χ4v) is 2.42. The van der Waals surface area contributed by atoms with Gasteiger partial charge in [0.15, 0.2) is 0 Å². The summed E-state index contributed by atoms with van der Waals surface area (Å²) in [5, 5.41) is 9.48. The molecule has 2 aromatic rings. The SMILES string of the molecule is COc1cc(C)c(C(C#N)c2ncc[nH]2)c(C)c1C. The number of aromatic amines is 1. The van der Waals surface area contributed by atoms with E-state index in [1.54, 1.807) is 19.5 Å². The van der Waals surface area contributed by atoms with Crippen molar-refractivity contribution in [3.63, 3.8) is 0 Å². The molecule has 0 saturated heterocycles. The number of aryl methyl sites for hydroxylation is 1. The molecule has 4 heteroatoms. The van der Waals surface area contributed by atoms with Crippen LogP contribution < -0.4 is 4.74 Å². The van der Waals surface area contributed by atoms with Crippen molar-refractivity contribution < 1.29 is 4.74 Å². The largest absolute Gasteiger partial charge is 0.496 e. The molecule has 1 aromatic carbocycles. The summed E-state index contributed by atoms with van der Waals surface area (Å²) < 4.78 is 5.36. The molecule has 0 spiro atoms. The predicted molar refractivity (Wildman–Crippen MR) is 73.2 cm³/mol. The third kappa shape index (κ3) is 2.19. The Balaban J connectivity index is 2.63. The molecule has 1 N–H and O–H groups in total. The van der Waals surface area contributed by atoms with Crippen LogP contribution in [0.2, 0.25) is 0 Å². The van der Waals surface area contributed by atoms with Gasteiger partial charge in [-0.05, 0) is 49.1 Å². The number of benzene rings is 1. The van der Waals surface area contributed by atoms with E-state index < -0.39 is 0 Å². The van der Waals surface area contributed by atoms with Crippen molar-refractivity contribution >= 4 is 0 Å². The van der Waals surface area contributed by atoms with Gasteiger partial charge in [0.2, 0.25) is 0 Å². The highest BCUT2D eigenvalue weighted by Crippen LogP contribution is 2.34. The van der Waals surface area contributed by atoms with Crippen molar-refractivity contribution in [2.45, 2.75) is 26.7 Å². The monoisotopic (exact) mass is 255 g/mol. The van der Waals surface area contributed by atoms with Gasteiger partial charge in [-0.2, -0.15) is 5.26 Å². The van der Waals surface area contributed by atoms with Gasteiger partial charge in [-0.25, -0.2) is 4.98 Å². The quantitative estimate of drug-likeness (QED) is 0.917. The van der Waals surface area contributed by atoms with Crippen LogP contribution in [-0.2, 0) is 0 Å². The Morgan fingerprint density at radius 1 is 1.32 bits per heavy atom. The predicted octanol–water partition coefficient (Wildman–Crippen LogP) is 3.00. The van der Waals surface area contributed by atoms with Gasteiger partial charge in [0.25, 0.3) is 0 Å². The second kappa shape index (κ2) is 5.15. The van der Waals surface area contributed by atoms with Gasteiger partial charge in [0, 0.05) is 12.4 Å². The summed E-state index contributed by atoms with van der Waals surface area (Å²) in [5.41, 5.74) is 4.20. The molecule has 0 amide bonds. The molecular weight excluding hydrogens is 238 g/mol. The molecule has 0 bridgehead atoms. The van der Waals surface area contributed by atoms with E-state index in [0.717, 1.165) is 28.0 Å². The molecular formula is C15H17N3O. The van der Waals surface area contributed by atoms with Gasteiger partial charge >= 0.3 is 0 Å². The third-order valence-corrected chi connectivity index (χ3v) is 3.54. The highest BCUT2D eigenvalue weighted by atomic mass is 16.5. The molecule has 0 fully saturated rings. The first kappa shape index (κ1) is 13.2. The van der Waals surface area contributed by atoms with E-state index in [-0.39, 0.29) is 5.92 Å². The van der Waals surface area contributed by atoms with E-state index in [9.17, 15) is 5.26 Å². The van der Waals surface area contributed by atoms with Gasteiger partial charge in [-0.15, -0.1) is 0 Å². The van der Waals surface area contributed by atoms with Crippen LogP contribution >= 0.6 is 0 Å². The summed E-state index contributed by atoms with van der Waals surface area (Å²) in [6.45, 7) is 6.03. The summed E-state index contributed by atoms with van der Waals surface area (Å²) in [6, 6.07) is 4.31. The van der Waals surface area contributed by atoms with E-state index in [2.05, 4.69) is 16.0 Å². The summed E-state index contributed by atoms with van der Waals surface area (Å²) in [5.74, 6) is 1.16. The second-order valence-corrected chi connectivity index (χ2v) is 4.60. The van der Waals surface area contributed by atoms with E-state index in [1.807, 2.05) is 26.8 Å². The van der Waals surface area contributed by atoms with E-state index in [0.29, 0.717) is 5.82 Å². The molecule has 0 saturated carbocycles. The van der Waals surface area contributed by atoms with Crippen molar-refractivity contribution in [3.05, 3.63) is 46.5 Å². The van der Waals surface area contributed by atoms with Crippen molar-refractivity contribution in [2.75, 3.05) is 7.11 Å². The topological polar surface area (TPSA) is 61.7 Å². The van der Waals surface area contributed by atoms with Crippen LogP contribution in [0.4, 0.5) is 0 Å². The second-order valence-electron chi connectivity index (χ2n) is 4.60. The Morgan fingerprint density at radius 2 is 2.05 bits per heavy atom. The van der Waals surface area contributed by atoms with Crippen molar-refractivity contribution in [1.29, 1.82) is 5.26 Å². The number of imidazole rings is 1. The van der Waals surface area contributed by atoms with E-state index in [4.69, 9.17) is 4.74 Å². The molecule has 0 aliphatic rings. The molecule has 1 atom stereocenters. The van der Waals surface area contributed by atoms with E-state index >= 15 is 0 Å². The average molecular weight is 255 g/mol. The number of methoxy groups -OCH3 is 1. The number of aromatic nitrogens is 2. The highest BCUT2D eigenvalue weighted by Gasteiger charge is 2.22. The maximum absolute atomic E-state index is 9.48. The molecule has 0 radical (unpaired) electrons. The lowest BCUT2D eigenvalue weighted by Crippen LogP contribution is -2.07. The maximum Gasteiger partial charge on any atom is 0.130 e. The normalized spacial score (nSPS) is 11.9. The standard InChI is InChI=1S/C15H17N3O/c1-9-7-13(19-4)10(2)11(3)14(9)12(8-16)15-17-5-6-18-15/h5-7,12H,1-4H3,(H,17,18). The van der Waals surface area contributed by atoms with Crippen LogP contribution in [-0.4, -0.2) is 17.1 Å². The number of H-pyrrole nitrogens is 1. The van der Waals surface area contributed by atoms with Crippen LogP contribution in [0.1, 0.15) is 34.0 Å². The molecule has 4 nitrogen and oxygen atoms in total. The maximum atomic E-state index is 9.48. The van der Waals surface area contributed by atoms with E-state index in [1.165, 1.54) is 0 Å². The summed E-state index contributed by atoms with van der Waals surface area (Å²) in [4.78, 5) is 7.23. The lowest BCUT2D eigenvalue weighted by molar-refractivity contribution is 0.410. The zero-order valence-electron chi connectivity index (χ0n) is 11.6. The van der Waals surface area contributed by atoms with Gasteiger partial charge in [0.1, 0.15) is 17.5 Å². The minimum atomic E-state index is -0.375. The van der Waals surface area contributed by atoms with Gasteiger partial charge in [0.05, 0.1) is 13.2 Å². The number of ether oxygens (including phenoxy) is 1. The van der Waals surface area contributed by atoms with Gasteiger partial charge < -0.3 is 9.72 Å². The summed E-state index contributed by atoms with van der Waals surface area (Å²) in [7, 11) is 1.66. The number of nitriles is 1. The summed E-state index contributed by atoms with van der Waals surface area (Å²) >= 11 is 0. The zero-order valence-corrected chi connectivity index (χ0v) is 11.6. The van der Waals surface area contributed by atoms with Crippen molar-refractivity contribution in [1.82, 2.24) is 9.97 Å². The molecule has 98 valence electrons. The van der Waals surface area contributed by atoms with Crippen LogP contribution in [0.25, 0.3) is 0 Å². The van der Waals surface area contributed by atoms with Crippen LogP contribution in [0.3, 0.4) is 0 Å². The Labute approximate surface area is 113 Å². The Bertz CT molecular complexity index is 624. The third-order valence-electron chi connectivity index (χ3n) is 3.54. The fraction of sp³-hybridized carbons (Fsp3) is 0.333. The Hall–Kier alpha value is -2.28.